The Kier molecular flexibility index (Phi) is 3.26. The average molecular weight is 212 g/mol. The largest absolute Gasteiger partial charge is 0.366 e. The third kappa shape index (κ3) is 2.16. The molecule has 0 spiro atoms. The molecular weight excluding hydrogens is 192 g/mol. The SMILES string of the molecule is CC1CCN(C(=O)C2CNCCO2)C1C. The number of likely N-dealkylation sites (tertiary alicyclic amines) is 1. The summed E-state index contributed by atoms with van der Waals surface area (Å²) in [5.41, 5.74) is 0. The molecule has 0 aromatic rings. The Balaban J connectivity index is 1.95. The zero-order valence-corrected chi connectivity index (χ0v) is 9.53. The molecule has 2 fully saturated rings. The van der Waals surface area contributed by atoms with Crippen molar-refractivity contribution in [1.82, 2.24) is 10.2 Å². The minimum Gasteiger partial charge on any atom is -0.366 e. The van der Waals surface area contributed by atoms with Crippen LogP contribution in [0.4, 0.5) is 0 Å². The van der Waals surface area contributed by atoms with Crippen LogP contribution in [0.3, 0.4) is 0 Å². The van der Waals surface area contributed by atoms with Gasteiger partial charge in [0, 0.05) is 25.7 Å². The monoisotopic (exact) mass is 212 g/mol. The van der Waals surface area contributed by atoms with Crippen molar-refractivity contribution in [1.29, 1.82) is 0 Å². The van der Waals surface area contributed by atoms with Gasteiger partial charge in [0.2, 0.25) is 0 Å². The molecule has 4 heteroatoms. The predicted molar refractivity (Wildman–Crippen MR) is 57.6 cm³/mol. The number of ether oxygens (including phenoxy) is 1. The van der Waals surface area contributed by atoms with Gasteiger partial charge in [0.05, 0.1) is 6.61 Å². The first-order chi connectivity index (χ1) is 7.20. The molecule has 86 valence electrons. The molecule has 2 aliphatic rings. The third-order valence-electron chi connectivity index (χ3n) is 3.63. The number of hydrogen-bond donors (Lipinski definition) is 1. The fourth-order valence-electron chi connectivity index (χ4n) is 2.31. The Morgan fingerprint density at radius 3 is 2.80 bits per heavy atom. The second-order valence-electron chi connectivity index (χ2n) is 4.60. The van der Waals surface area contributed by atoms with E-state index in [2.05, 4.69) is 19.2 Å². The van der Waals surface area contributed by atoms with Gasteiger partial charge in [-0.1, -0.05) is 6.92 Å². The van der Waals surface area contributed by atoms with E-state index in [0.29, 0.717) is 25.1 Å². The number of nitrogens with one attached hydrogen (secondary N) is 1. The van der Waals surface area contributed by atoms with E-state index < -0.39 is 0 Å². The summed E-state index contributed by atoms with van der Waals surface area (Å²) < 4.78 is 5.48. The lowest BCUT2D eigenvalue weighted by molar-refractivity contribution is -0.146. The summed E-state index contributed by atoms with van der Waals surface area (Å²) in [6.07, 6.45) is 0.860. The Labute approximate surface area is 91.0 Å². The average Bonchev–Trinajstić information content (AvgIpc) is 2.60. The van der Waals surface area contributed by atoms with Crippen LogP contribution in [0.15, 0.2) is 0 Å². The van der Waals surface area contributed by atoms with Crippen LogP contribution in [0.1, 0.15) is 20.3 Å². The standard InChI is InChI=1S/C11H20N2O2/c1-8-3-5-13(9(8)2)11(14)10-7-12-4-6-15-10/h8-10,12H,3-7H2,1-2H3. The second-order valence-corrected chi connectivity index (χ2v) is 4.60. The van der Waals surface area contributed by atoms with Crippen molar-refractivity contribution in [3.63, 3.8) is 0 Å². The van der Waals surface area contributed by atoms with E-state index in [-0.39, 0.29) is 12.0 Å². The quantitative estimate of drug-likeness (QED) is 0.676. The van der Waals surface area contributed by atoms with Crippen LogP contribution < -0.4 is 5.32 Å². The van der Waals surface area contributed by atoms with E-state index >= 15 is 0 Å². The first-order valence-electron chi connectivity index (χ1n) is 5.83. The number of hydrogen-bond acceptors (Lipinski definition) is 3. The summed E-state index contributed by atoms with van der Waals surface area (Å²) >= 11 is 0. The molecule has 15 heavy (non-hydrogen) atoms. The Morgan fingerprint density at radius 2 is 2.27 bits per heavy atom. The molecule has 0 saturated carbocycles. The van der Waals surface area contributed by atoms with Gasteiger partial charge in [0.25, 0.3) is 5.91 Å². The van der Waals surface area contributed by atoms with Crippen LogP contribution in [-0.4, -0.2) is 49.2 Å². The lowest BCUT2D eigenvalue weighted by Gasteiger charge is -2.30. The molecule has 0 aromatic heterocycles. The molecule has 0 bridgehead atoms. The van der Waals surface area contributed by atoms with Crippen molar-refractivity contribution in [2.45, 2.75) is 32.4 Å². The molecule has 0 aliphatic carbocycles. The smallest absolute Gasteiger partial charge is 0.253 e. The van der Waals surface area contributed by atoms with Crippen LogP contribution in [0.2, 0.25) is 0 Å². The van der Waals surface area contributed by atoms with E-state index in [9.17, 15) is 4.79 Å². The molecule has 2 aliphatic heterocycles. The van der Waals surface area contributed by atoms with Gasteiger partial charge >= 0.3 is 0 Å². The minimum absolute atomic E-state index is 0.166. The van der Waals surface area contributed by atoms with E-state index in [1.807, 2.05) is 4.90 Å². The zero-order chi connectivity index (χ0) is 10.8. The van der Waals surface area contributed by atoms with Gasteiger partial charge in [-0.3, -0.25) is 4.79 Å². The topological polar surface area (TPSA) is 41.6 Å². The van der Waals surface area contributed by atoms with E-state index in [0.717, 1.165) is 19.5 Å². The molecule has 1 N–H and O–H groups in total. The minimum atomic E-state index is -0.258. The zero-order valence-electron chi connectivity index (χ0n) is 9.53. The first kappa shape index (κ1) is 10.9. The maximum absolute atomic E-state index is 12.1. The number of rotatable bonds is 1. The van der Waals surface area contributed by atoms with Crippen molar-refractivity contribution in [3.8, 4) is 0 Å². The maximum Gasteiger partial charge on any atom is 0.253 e. The van der Waals surface area contributed by atoms with Crippen molar-refractivity contribution in [2.24, 2.45) is 5.92 Å². The lowest BCUT2D eigenvalue weighted by Crippen LogP contribution is -2.50. The van der Waals surface area contributed by atoms with E-state index in [1.54, 1.807) is 0 Å². The Hall–Kier alpha value is -0.610. The molecule has 2 saturated heterocycles. The summed E-state index contributed by atoms with van der Waals surface area (Å²) in [7, 11) is 0. The van der Waals surface area contributed by atoms with E-state index in [1.165, 1.54) is 0 Å². The fraction of sp³-hybridized carbons (Fsp3) is 0.909. The van der Waals surface area contributed by atoms with E-state index in [4.69, 9.17) is 4.74 Å². The van der Waals surface area contributed by atoms with Crippen LogP contribution in [0.5, 0.6) is 0 Å². The molecule has 4 nitrogen and oxygen atoms in total. The Bertz CT molecular complexity index is 239. The van der Waals surface area contributed by atoms with Gasteiger partial charge in [-0.15, -0.1) is 0 Å². The highest BCUT2D eigenvalue weighted by atomic mass is 16.5. The van der Waals surface area contributed by atoms with Gasteiger partial charge in [0.1, 0.15) is 6.10 Å². The number of amides is 1. The van der Waals surface area contributed by atoms with Crippen molar-refractivity contribution in [3.05, 3.63) is 0 Å². The van der Waals surface area contributed by atoms with Crippen LogP contribution in [0, 0.1) is 5.92 Å². The fourth-order valence-corrected chi connectivity index (χ4v) is 2.31. The van der Waals surface area contributed by atoms with Gasteiger partial charge < -0.3 is 15.0 Å². The highest BCUT2D eigenvalue weighted by Crippen LogP contribution is 2.24. The molecule has 2 heterocycles. The molecular formula is C11H20N2O2. The molecule has 0 aromatic carbocycles. The van der Waals surface area contributed by atoms with Crippen LogP contribution in [-0.2, 0) is 9.53 Å². The molecule has 3 unspecified atom stereocenters. The summed E-state index contributed by atoms with van der Waals surface area (Å²) in [5.74, 6) is 0.782. The first-order valence-corrected chi connectivity index (χ1v) is 5.83. The summed E-state index contributed by atoms with van der Waals surface area (Å²) in [6, 6.07) is 0.364. The summed E-state index contributed by atoms with van der Waals surface area (Å²) in [4.78, 5) is 14.1. The maximum atomic E-state index is 12.1. The van der Waals surface area contributed by atoms with Gasteiger partial charge in [-0.25, -0.2) is 0 Å². The number of morpholine rings is 1. The molecule has 1 amide bonds. The molecule has 3 atom stereocenters. The Morgan fingerprint density at radius 1 is 1.47 bits per heavy atom. The number of nitrogens with zero attached hydrogens (tertiary/aromatic N) is 1. The molecule has 0 radical (unpaired) electrons. The predicted octanol–water partition coefficient (Wildman–Crippen LogP) is 0.232. The molecule has 2 rings (SSSR count). The highest BCUT2D eigenvalue weighted by Gasteiger charge is 2.35. The second kappa shape index (κ2) is 4.49. The number of carbonyl (C=O) groups is 1. The van der Waals surface area contributed by atoms with Crippen LogP contribution >= 0.6 is 0 Å². The lowest BCUT2D eigenvalue weighted by atomic mass is 10.1. The van der Waals surface area contributed by atoms with Crippen molar-refractivity contribution >= 4 is 5.91 Å². The third-order valence-corrected chi connectivity index (χ3v) is 3.63. The van der Waals surface area contributed by atoms with Gasteiger partial charge in [0.15, 0.2) is 0 Å². The number of carbonyl (C=O) groups excluding carboxylic acids is 1. The summed E-state index contributed by atoms with van der Waals surface area (Å²) in [5, 5.41) is 3.19. The van der Waals surface area contributed by atoms with Gasteiger partial charge in [-0.05, 0) is 19.3 Å². The normalized spacial score (nSPS) is 36.9. The van der Waals surface area contributed by atoms with Crippen LogP contribution in [0.25, 0.3) is 0 Å². The summed E-state index contributed by atoms with van der Waals surface area (Å²) in [6.45, 7) is 7.39. The highest BCUT2D eigenvalue weighted by molar-refractivity contribution is 5.82. The van der Waals surface area contributed by atoms with Crippen molar-refractivity contribution in [2.75, 3.05) is 26.2 Å². The van der Waals surface area contributed by atoms with Crippen molar-refractivity contribution < 1.29 is 9.53 Å². The van der Waals surface area contributed by atoms with Gasteiger partial charge in [-0.2, -0.15) is 0 Å².